The molecule has 4 heterocycles. The molecule has 4 aliphatic heterocycles. The average molecular weight is 382 g/mol. The van der Waals surface area contributed by atoms with Crippen molar-refractivity contribution < 1.29 is 14.4 Å². The number of nitrogens with one attached hydrogen (secondary N) is 2. The molecule has 1 aromatic carbocycles. The van der Waals surface area contributed by atoms with Crippen molar-refractivity contribution in [2.75, 3.05) is 24.5 Å². The average Bonchev–Trinajstić information content (AvgIpc) is 3.00. The fourth-order valence-electron chi connectivity index (χ4n) is 5.26. The summed E-state index contributed by atoms with van der Waals surface area (Å²) in [6, 6.07) is 5.94. The first-order valence-electron chi connectivity index (χ1n) is 10.4. The number of anilines is 1. The smallest absolute Gasteiger partial charge is 0.255 e. The van der Waals surface area contributed by atoms with Gasteiger partial charge in [-0.15, -0.1) is 0 Å². The number of rotatable bonds is 3. The molecule has 3 fully saturated rings. The number of carbonyl (C=O) groups is 3. The van der Waals surface area contributed by atoms with Crippen molar-refractivity contribution >= 4 is 23.4 Å². The molecule has 3 saturated heterocycles. The van der Waals surface area contributed by atoms with Crippen LogP contribution in [0.1, 0.15) is 48.0 Å². The van der Waals surface area contributed by atoms with Gasteiger partial charge in [0.15, 0.2) is 0 Å². The molecular formula is C21H26N4O3. The largest absolute Gasteiger partial charge is 0.368 e. The zero-order valence-electron chi connectivity index (χ0n) is 15.9. The van der Waals surface area contributed by atoms with E-state index < -0.39 is 6.04 Å². The maximum absolute atomic E-state index is 13.0. The summed E-state index contributed by atoms with van der Waals surface area (Å²) in [5, 5.41) is 5.81. The molecule has 0 aliphatic carbocycles. The molecule has 0 spiro atoms. The zero-order valence-corrected chi connectivity index (χ0v) is 15.9. The Labute approximate surface area is 164 Å². The maximum Gasteiger partial charge on any atom is 0.255 e. The highest BCUT2D eigenvalue weighted by molar-refractivity contribution is 6.06. The van der Waals surface area contributed by atoms with E-state index in [1.165, 1.54) is 19.3 Å². The Morgan fingerprint density at radius 3 is 2.50 bits per heavy atom. The van der Waals surface area contributed by atoms with Crippen LogP contribution in [0.3, 0.4) is 0 Å². The predicted molar refractivity (Wildman–Crippen MR) is 104 cm³/mol. The van der Waals surface area contributed by atoms with E-state index in [0.717, 1.165) is 30.9 Å². The number of fused-ring (bicyclic) bond motifs is 1. The molecule has 148 valence electrons. The van der Waals surface area contributed by atoms with E-state index >= 15 is 0 Å². The molecular weight excluding hydrogens is 356 g/mol. The second kappa shape index (κ2) is 6.88. The van der Waals surface area contributed by atoms with Gasteiger partial charge in [0.25, 0.3) is 5.91 Å². The van der Waals surface area contributed by atoms with Gasteiger partial charge in [0.1, 0.15) is 6.04 Å². The van der Waals surface area contributed by atoms with Crippen molar-refractivity contribution in [1.82, 2.24) is 15.5 Å². The van der Waals surface area contributed by atoms with E-state index in [2.05, 4.69) is 21.6 Å². The lowest BCUT2D eigenvalue weighted by Crippen LogP contribution is -2.54. The van der Waals surface area contributed by atoms with E-state index in [1.54, 1.807) is 4.90 Å². The Morgan fingerprint density at radius 2 is 1.79 bits per heavy atom. The van der Waals surface area contributed by atoms with Crippen LogP contribution >= 0.6 is 0 Å². The minimum atomic E-state index is -0.554. The van der Waals surface area contributed by atoms with Crippen LogP contribution < -0.4 is 15.5 Å². The number of imide groups is 1. The zero-order chi connectivity index (χ0) is 19.3. The number of piperidine rings is 2. The van der Waals surface area contributed by atoms with Crippen LogP contribution in [0, 0.1) is 5.92 Å². The highest BCUT2D eigenvalue weighted by atomic mass is 16.2. The summed E-state index contributed by atoms with van der Waals surface area (Å²) in [4.78, 5) is 40.9. The van der Waals surface area contributed by atoms with Crippen LogP contribution in [0.15, 0.2) is 18.2 Å². The van der Waals surface area contributed by atoms with Gasteiger partial charge < -0.3 is 15.1 Å². The molecule has 0 aromatic heterocycles. The summed E-state index contributed by atoms with van der Waals surface area (Å²) in [5.74, 6) is 0.00599. The van der Waals surface area contributed by atoms with Crippen LogP contribution in [0.2, 0.25) is 0 Å². The standard InChI is InChI=1S/C21H26N4O3/c26-19-5-4-18(20(27)23-19)25-12-15-14(21(25)28)2-1-3-17(15)24-11-8-16(24)13-6-9-22-10-7-13/h1-3,13,16,18,22H,4-12H2,(H,23,26,27)/t16-,18-/m0/s1. The number of amides is 3. The van der Waals surface area contributed by atoms with Gasteiger partial charge in [0.05, 0.1) is 0 Å². The fourth-order valence-corrected chi connectivity index (χ4v) is 5.26. The molecule has 0 unspecified atom stereocenters. The van der Waals surface area contributed by atoms with Crippen LogP contribution in [0.25, 0.3) is 0 Å². The normalized spacial score (nSPS) is 28.2. The Morgan fingerprint density at radius 1 is 0.964 bits per heavy atom. The molecule has 5 rings (SSSR count). The molecule has 7 heteroatoms. The third kappa shape index (κ3) is 2.80. The number of hydrogen-bond acceptors (Lipinski definition) is 5. The van der Waals surface area contributed by atoms with Gasteiger partial charge in [-0.25, -0.2) is 0 Å². The Hall–Kier alpha value is -2.41. The summed E-state index contributed by atoms with van der Waals surface area (Å²) in [5.41, 5.74) is 2.89. The first kappa shape index (κ1) is 17.7. The second-order valence-electron chi connectivity index (χ2n) is 8.34. The van der Waals surface area contributed by atoms with E-state index in [4.69, 9.17) is 0 Å². The highest BCUT2D eigenvalue weighted by Gasteiger charge is 2.42. The van der Waals surface area contributed by atoms with Gasteiger partial charge in [0.2, 0.25) is 11.8 Å². The lowest BCUT2D eigenvalue weighted by Gasteiger charge is -2.49. The summed E-state index contributed by atoms with van der Waals surface area (Å²) < 4.78 is 0. The molecule has 2 atom stereocenters. The van der Waals surface area contributed by atoms with Gasteiger partial charge in [-0.05, 0) is 56.8 Å². The van der Waals surface area contributed by atoms with Gasteiger partial charge in [-0.2, -0.15) is 0 Å². The molecule has 1 aromatic rings. The van der Waals surface area contributed by atoms with E-state index in [0.29, 0.717) is 30.5 Å². The molecule has 2 N–H and O–H groups in total. The van der Waals surface area contributed by atoms with Crippen molar-refractivity contribution in [2.45, 2.75) is 50.7 Å². The number of hydrogen-bond donors (Lipinski definition) is 2. The fraction of sp³-hybridized carbons (Fsp3) is 0.571. The third-order valence-electron chi connectivity index (χ3n) is 6.86. The van der Waals surface area contributed by atoms with Crippen LogP contribution in [0.4, 0.5) is 5.69 Å². The summed E-state index contributed by atoms with van der Waals surface area (Å²) >= 11 is 0. The van der Waals surface area contributed by atoms with Crippen molar-refractivity contribution in [3.63, 3.8) is 0 Å². The van der Waals surface area contributed by atoms with Gasteiger partial charge in [-0.1, -0.05) is 6.07 Å². The molecule has 4 aliphatic rings. The van der Waals surface area contributed by atoms with E-state index in [-0.39, 0.29) is 24.1 Å². The summed E-state index contributed by atoms with van der Waals surface area (Å²) in [6.07, 6.45) is 4.31. The van der Waals surface area contributed by atoms with Gasteiger partial charge >= 0.3 is 0 Å². The van der Waals surface area contributed by atoms with Crippen LogP contribution in [-0.2, 0) is 16.1 Å². The van der Waals surface area contributed by atoms with Crippen LogP contribution in [-0.4, -0.2) is 54.3 Å². The Bertz CT molecular complexity index is 833. The van der Waals surface area contributed by atoms with E-state index in [9.17, 15) is 14.4 Å². The minimum absolute atomic E-state index is 0.0923. The topological polar surface area (TPSA) is 81.8 Å². The first-order valence-corrected chi connectivity index (χ1v) is 10.4. The highest BCUT2D eigenvalue weighted by Crippen LogP contribution is 2.40. The quantitative estimate of drug-likeness (QED) is 0.763. The van der Waals surface area contributed by atoms with Crippen molar-refractivity contribution in [3.05, 3.63) is 29.3 Å². The number of carbonyl (C=O) groups excluding carboxylic acids is 3. The molecule has 7 nitrogen and oxygen atoms in total. The lowest BCUT2D eigenvalue weighted by atomic mass is 9.82. The van der Waals surface area contributed by atoms with Crippen molar-refractivity contribution in [2.24, 2.45) is 5.92 Å². The maximum atomic E-state index is 13.0. The molecule has 0 bridgehead atoms. The third-order valence-corrected chi connectivity index (χ3v) is 6.86. The number of nitrogens with zero attached hydrogens (tertiary/aromatic N) is 2. The first-order chi connectivity index (χ1) is 13.6. The monoisotopic (exact) mass is 382 g/mol. The molecule has 0 saturated carbocycles. The molecule has 28 heavy (non-hydrogen) atoms. The summed E-state index contributed by atoms with van der Waals surface area (Å²) in [7, 11) is 0. The van der Waals surface area contributed by atoms with Gasteiger partial charge in [-0.3, -0.25) is 19.7 Å². The minimum Gasteiger partial charge on any atom is -0.368 e. The van der Waals surface area contributed by atoms with Crippen molar-refractivity contribution in [3.8, 4) is 0 Å². The Kier molecular flexibility index (Phi) is 4.34. The van der Waals surface area contributed by atoms with E-state index in [1.807, 2.05) is 12.1 Å². The summed E-state index contributed by atoms with van der Waals surface area (Å²) in [6.45, 7) is 3.65. The molecule has 3 amide bonds. The second-order valence-corrected chi connectivity index (χ2v) is 8.34. The molecule has 0 radical (unpaired) electrons. The SMILES string of the molecule is O=C1CC[C@H](N2Cc3c(cccc3N3CC[C@H]3C3CCNCC3)C2=O)C(=O)N1. The van der Waals surface area contributed by atoms with Crippen molar-refractivity contribution in [1.29, 1.82) is 0 Å². The number of benzene rings is 1. The Balaban J connectivity index is 1.39. The predicted octanol–water partition coefficient (Wildman–Crippen LogP) is 1.03. The van der Waals surface area contributed by atoms with Gasteiger partial charge in [0, 0.05) is 42.4 Å². The van der Waals surface area contributed by atoms with Crippen LogP contribution in [0.5, 0.6) is 0 Å². The lowest BCUT2D eigenvalue weighted by molar-refractivity contribution is -0.136.